The van der Waals surface area contributed by atoms with Gasteiger partial charge in [0.05, 0.1) is 0 Å². The van der Waals surface area contributed by atoms with Crippen molar-refractivity contribution in [3.63, 3.8) is 0 Å². The molecule has 2 heterocycles. The van der Waals surface area contributed by atoms with Crippen molar-refractivity contribution in [3.8, 4) is 0 Å². The van der Waals surface area contributed by atoms with E-state index in [9.17, 15) is 13.2 Å². The summed E-state index contributed by atoms with van der Waals surface area (Å²) in [6.07, 6.45) is 1.05. The van der Waals surface area contributed by atoms with Crippen molar-refractivity contribution < 1.29 is 17.6 Å². The van der Waals surface area contributed by atoms with E-state index in [0.29, 0.717) is 19.6 Å². The molecule has 6 nitrogen and oxygen atoms in total. The Morgan fingerprint density at radius 2 is 1.88 bits per heavy atom. The maximum atomic E-state index is 12.6. The summed E-state index contributed by atoms with van der Waals surface area (Å²) in [4.78, 5) is 14.3. The summed E-state index contributed by atoms with van der Waals surface area (Å²) in [6.45, 7) is 1.56. The SMILES string of the molecule is CS(=O)(=O)c1ccc(C(=O)N2C[C@@H](CN)[C@H](c3ccccc3)C2)o1.Cl. The van der Waals surface area contributed by atoms with Crippen molar-refractivity contribution in [2.45, 2.75) is 11.0 Å². The first kappa shape index (κ1) is 19.5. The largest absolute Gasteiger partial charge is 0.440 e. The summed E-state index contributed by atoms with van der Waals surface area (Å²) in [6, 6.07) is 12.7. The quantitative estimate of drug-likeness (QED) is 0.869. The van der Waals surface area contributed by atoms with Crippen molar-refractivity contribution in [1.82, 2.24) is 4.90 Å². The zero-order valence-electron chi connectivity index (χ0n) is 13.8. The molecule has 2 N–H and O–H groups in total. The number of carbonyl (C=O) groups excluding carboxylic acids is 1. The van der Waals surface area contributed by atoms with Gasteiger partial charge in [0, 0.05) is 25.3 Å². The van der Waals surface area contributed by atoms with Crippen LogP contribution in [0.5, 0.6) is 0 Å². The minimum Gasteiger partial charge on any atom is -0.440 e. The van der Waals surface area contributed by atoms with E-state index in [1.54, 1.807) is 4.90 Å². The average molecular weight is 385 g/mol. The number of rotatable bonds is 4. The highest BCUT2D eigenvalue weighted by Gasteiger charge is 2.36. The lowest BCUT2D eigenvalue weighted by atomic mass is 9.89. The molecule has 0 radical (unpaired) electrons. The van der Waals surface area contributed by atoms with Gasteiger partial charge in [-0.1, -0.05) is 30.3 Å². The second-order valence-corrected chi connectivity index (χ2v) is 8.06. The van der Waals surface area contributed by atoms with Crippen LogP contribution in [0, 0.1) is 5.92 Å². The number of amides is 1. The Bertz CT molecular complexity index is 835. The summed E-state index contributed by atoms with van der Waals surface area (Å²) in [5.74, 6) is 0.0758. The number of hydrogen-bond donors (Lipinski definition) is 1. The fourth-order valence-electron chi connectivity index (χ4n) is 3.14. The van der Waals surface area contributed by atoms with Gasteiger partial charge >= 0.3 is 0 Å². The van der Waals surface area contributed by atoms with Crippen LogP contribution in [0.25, 0.3) is 0 Å². The second-order valence-electron chi connectivity index (χ2n) is 6.11. The van der Waals surface area contributed by atoms with Crippen LogP contribution in [0.3, 0.4) is 0 Å². The summed E-state index contributed by atoms with van der Waals surface area (Å²) >= 11 is 0. The van der Waals surface area contributed by atoms with Gasteiger partial charge in [0.15, 0.2) is 5.76 Å². The van der Waals surface area contributed by atoms with E-state index in [0.717, 1.165) is 11.8 Å². The predicted molar refractivity (Wildman–Crippen MR) is 96.7 cm³/mol. The number of benzene rings is 1. The fourth-order valence-corrected chi connectivity index (χ4v) is 3.70. The van der Waals surface area contributed by atoms with Crippen molar-refractivity contribution in [3.05, 3.63) is 53.8 Å². The van der Waals surface area contributed by atoms with E-state index < -0.39 is 9.84 Å². The highest BCUT2D eigenvalue weighted by molar-refractivity contribution is 7.90. The summed E-state index contributed by atoms with van der Waals surface area (Å²) in [5, 5.41) is -0.194. The Labute approximate surface area is 153 Å². The van der Waals surface area contributed by atoms with E-state index >= 15 is 0 Å². The molecule has 2 atom stereocenters. The van der Waals surface area contributed by atoms with Crippen LogP contribution in [0.2, 0.25) is 0 Å². The lowest BCUT2D eigenvalue weighted by Crippen LogP contribution is -2.29. The summed E-state index contributed by atoms with van der Waals surface area (Å²) < 4.78 is 28.2. The minimum atomic E-state index is -3.47. The smallest absolute Gasteiger partial charge is 0.289 e. The van der Waals surface area contributed by atoms with Crippen molar-refractivity contribution in [2.24, 2.45) is 11.7 Å². The molecular formula is C17H21ClN2O4S. The van der Waals surface area contributed by atoms with Crippen LogP contribution in [0.15, 0.2) is 52.0 Å². The number of nitrogens with two attached hydrogens (primary N) is 1. The zero-order chi connectivity index (χ0) is 17.3. The van der Waals surface area contributed by atoms with Crippen LogP contribution in [-0.2, 0) is 9.84 Å². The molecule has 0 saturated carbocycles. The lowest BCUT2D eigenvalue weighted by molar-refractivity contribution is 0.0749. The third-order valence-electron chi connectivity index (χ3n) is 4.42. The van der Waals surface area contributed by atoms with Crippen LogP contribution >= 0.6 is 12.4 Å². The number of likely N-dealkylation sites (tertiary alicyclic amines) is 1. The molecule has 1 aromatic heterocycles. The zero-order valence-corrected chi connectivity index (χ0v) is 15.4. The van der Waals surface area contributed by atoms with Gasteiger partial charge in [0.25, 0.3) is 5.91 Å². The van der Waals surface area contributed by atoms with E-state index in [2.05, 4.69) is 0 Å². The van der Waals surface area contributed by atoms with Crippen LogP contribution in [-0.4, -0.2) is 45.1 Å². The highest BCUT2D eigenvalue weighted by Crippen LogP contribution is 2.33. The molecule has 8 heteroatoms. The van der Waals surface area contributed by atoms with Gasteiger partial charge in [-0.15, -0.1) is 12.4 Å². The molecule has 25 heavy (non-hydrogen) atoms. The average Bonchev–Trinajstić information content (AvgIpc) is 3.22. The third-order valence-corrected chi connectivity index (χ3v) is 5.37. The summed E-state index contributed by atoms with van der Waals surface area (Å²) in [5.41, 5.74) is 7.04. The number of hydrogen-bond acceptors (Lipinski definition) is 5. The molecule has 1 amide bonds. The van der Waals surface area contributed by atoms with E-state index in [4.69, 9.17) is 10.2 Å². The topological polar surface area (TPSA) is 93.6 Å². The lowest BCUT2D eigenvalue weighted by Gasteiger charge is -2.16. The summed E-state index contributed by atoms with van der Waals surface area (Å²) in [7, 11) is -3.47. The van der Waals surface area contributed by atoms with Gasteiger partial charge in [-0.3, -0.25) is 4.79 Å². The third kappa shape index (κ3) is 4.05. The standard InChI is InChI=1S/C17H20N2O4S.ClH/c1-24(21,22)16-8-7-15(23-16)17(20)19-10-13(9-18)14(11-19)12-5-3-2-4-6-12;/h2-8,13-14H,9-11,18H2,1H3;1H/t13-,14+;/m1./s1. The number of sulfone groups is 1. The first-order valence-corrected chi connectivity index (χ1v) is 9.63. The van der Waals surface area contributed by atoms with Crippen LogP contribution in [0.4, 0.5) is 0 Å². The Balaban J connectivity index is 0.00000225. The Hall–Kier alpha value is -1.83. The normalized spacial score (nSPS) is 20.3. The Kier molecular flexibility index (Phi) is 5.92. The molecule has 3 rings (SSSR count). The number of halogens is 1. The number of furan rings is 1. The molecule has 136 valence electrons. The minimum absolute atomic E-state index is 0. The van der Waals surface area contributed by atoms with Crippen molar-refractivity contribution in [2.75, 3.05) is 25.9 Å². The second kappa shape index (κ2) is 7.59. The van der Waals surface area contributed by atoms with Crippen molar-refractivity contribution in [1.29, 1.82) is 0 Å². The van der Waals surface area contributed by atoms with Gasteiger partial charge in [-0.25, -0.2) is 8.42 Å². The molecule has 2 aromatic rings. The molecule has 1 aromatic carbocycles. The molecule has 1 aliphatic heterocycles. The van der Waals surface area contributed by atoms with Crippen molar-refractivity contribution >= 4 is 28.2 Å². The first-order valence-electron chi connectivity index (χ1n) is 7.74. The number of nitrogens with zero attached hydrogens (tertiary/aromatic N) is 1. The molecule has 1 saturated heterocycles. The van der Waals surface area contributed by atoms with E-state index in [1.807, 2.05) is 30.3 Å². The predicted octanol–water partition coefficient (Wildman–Crippen LogP) is 1.92. The molecule has 0 spiro atoms. The molecule has 0 bridgehead atoms. The van der Waals surface area contributed by atoms with Gasteiger partial charge in [-0.05, 0) is 30.2 Å². The highest BCUT2D eigenvalue weighted by atomic mass is 35.5. The van der Waals surface area contributed by atoms with E-state index in [1.165, 1.54) is 12.1 Å². The maximum absolute atomic E-state index is 12.6. The molecule has 0 aliphatic carbocycles. The molecular weight excluding hydrogens is 364 g/mol. The van der Waals surface area contributed by atoms with Gasteiger partial charge in [0.1, 0.15) is 0 Å². The molecule has 0 unspecified atom stereocenters. The van der Waals surface area contributed by atoms with E-state index in [-0.39, 0.29) is 41.0 Å². The number of carbonyl (C=O) groups is 1. The Morgan fingerprint density at radius 1 is 1.20 bits per heavy atom. The molecule has 1 aliphatic rings. The monoisotopic (exact) mass is 384 g/mol. The fraction of sp³-hybridized carbons (Fsp3) is 0.353. The van der Waals surface area contributed by atoms with Gasteiger partial charge in [0.2, 0.25) is 14.9 Å². The molecule has 1 fully saturated rings. The Morgan fingerprint density at radius 3 is 2.44 bits per heavy atom. The maximum Gasteiger partial charge on any atom is 0.289 e. The first-order chi connectivity index (χ1) is 11.4. The van der Waals surface area contributed by atoms with Gasteiger partial charge in [-0.2, -0.15) is 0 Å². The van der Waals surface area contributed by atoms with Crippen LogP contribution < -0.4 is 5.73 Å². The van der Waals surface area contributed by atoms with Gasteiger partial charge < -0.3 is 15.1 Å². The van der Waals surface area contributed by atoms with Crippen LogP contribution in [0.1, 0.15) is 22.0 Å².